The van der Waals surface area contributed by atoms with E-state index in [1.807, 2.05) is 0 Å². The molecule has 0 saturated heterocycles. The van der Waals surface area contributed by atoms with E-state index in [0.29, 0.717) is 22.8 Å². The van der Waals surface area contributed by atoms with Gasteiger partial charge in [0.15, 0.2) is 0 Å². The molecular weight excluding hydrogens is 354 g/mol. The smallest absolute Gasteiger partial charge is 0.322 e. The molecule has 2 N–H and O–H groups in total. The van der Waals surface area contributed by atoms with Crippen molar-refractivity contribution in [3.8, 4) is 5.75 Å². The van der Waals surface area contributed by atoms with Crippen LogP contribution in [0.2, 0.25) is 5.02 Å². The summed E-state index contributed by atoms with van der Waals surface area (Å²) in [7, 11) is 1.65. The number of carbonyl (C=O) groups is 2. The monoisotopic (exact) mass is 369 g/mol. The van der Waals surface area contributed by atoms with Crippen molar-refractivity contribution >= 4 is 29.2 Å². The van der Waals surface area contributed by atoms with Crippen LogP contribution in [0.1, 0.15) is 11.6 Å². The second-order valence-electron chi connectivity index (χ2n) is 6.26. The average Bonchev–Trinajstić information content (AvgIpc) is 2.97. The molecule has 132 valence electrons. The number of hydrogen-bond donors (Lipinski definition) is 2. The van der Waals surface area contributed by atoms with Crippen molar-refractivity contribution < 1.29 is 14.7 Å². The molecular formula is C19H16ClN3O3. The Hall–Kier alpha value is -2.99. The normalized spacial score (nSPS) is 19.7. The van der Waals surface area contributed by atoms with Gasteiger partial charge in [-0.1, -0.05) is 23.7 Å². The maximum absolute atomic E-state index is 13.1. The van der Waals surface area contributed by atoms with E-state index in [1.165, 1.54) is 17.0 Å². The summed E-state index contributed by atoms with van der Waals surface area (Å²) >= 11 is 5.94. The number of benzene rings is 2. The number of aromatic hydroxyl groups is 1. The Kier molecular flexibility index (Phi) is 3.85. The quantitative estimate of drug-likeness (QED) is 0.854. The maximum Gasteiger partial charge on any atom is 0.322 e. The molecule has 0 spiro atoms. The number of halogens is 1. The van der Waals surface area contributed by atoms with E-state index in [4.69, 9.17) is 11.6 Å². The molecule has 0 saturated carbocycles. The topological polar surface area (TPSA) is 72.9 Å². The molecule has 2 aromatic rings. The van der Waals surface area contributed by atoms with E-state index in [-0.39, 0.29) is 17.7 Å². The Labute approximate surface area is 155 Å². The summed E-state index contributed by atoms with van der Waals surface area (Å²) in [5, 5.41) is 13.0. The summed E-state index contributed by atoms with van der Waals surface area (Å²) in [5.41, 5.74) is 2.67. The predicted octanol–water partition coefficient (Wildman–Crippen LogP) is 3.04. The van der Waals surface area contributed by atoms with Crippen LogP contribution in [-0.2, 0) is 4.79 Å². The minimum Gasteiger partial charge on any atom is -0.508 e. The Bertz CT molecular complexity index is 922. The van der Waals surface area contributed by atoms with Gasteiger partial charge in [-0.2, -0.15) is 0 Å². The summed E-state index contributed by atoms with van der Waals surface area (Å²) < 4.78 is 0. The highest BCUT2D eigenvalue weighted by molar-refractivity contribution is 6.30. The van der Waals surface area contributed by atoms with E-state index in [9.17, 15) is 14.7 Å². The lowest BCUT2D eigenvalue weighted by Gasteiger charge is -2.31. The molecule has 2 aromatic carbocycles. The molecule has 0 fully saturated rings. The van der Waals surface area contributed by atoms with Crippen LogP contribution in [0.4, 0.5) is 10.5 Å². The summed E-state index contributed by atoms with van der Waals surface area (Å²) in [5.74, 6) is -0.0324. The zero-order valence-corrected chi connectivity index (χ0v) is 14.7. The van der Waals surface area contributed by atoms with Gasteiger partial charge in [-0.05, 0) is 42.0 Å². The third-order valence-corrected chi connectivity index (χ3v) is 4.98. The van der Waals surface area contributed by atoms with Crippen LogP contribution in [0.25, 0.3) is 0 Å². The van der Waals surface area contributed by atoms with Gasteiger partial charge >= 0.3 is 6.03 Å². The number of hydrogen-bond acceptors (Lipinski definition) is 3. The molecule has 2 heterocycles. The number of phenolic OH excluding ortho intramolecular Hbond substituents is 1. The van der Waals surface area contributed by atoms with Crippen molar-refractivity contribution in [2.45, 2.75) is 6.04 Å². The molecule has 2 aliphatic heterocycles. The van der Waals surface area contributed by atoms with Gasteiger partial charge in [0.1, 0.15) is 5.75 Å². The molecule has 0 bridgehead atoms. The van der Waals surface area contributed by atoms with Gasteiger partial charge in [0, 0.05) is 17.8 Å². The Balaban J connectivity index is 1.75. The fourth-order valence-electron chi connectivity index (χ4n) is 3.31. The summed E-state index contributed by atoms with van der Waals surface area (Å²) in [4.78, 5) is 28.6. The van der Waals surface area contributed by atoms with E-state index >= 15 is 0 Å². The molecule has 26 heavy (non-hydrogen) atoms. The van der Waals surface area contributed by atoms with Gasteiger partial charge in [-0.25, -0.2) is 4.79 Å². The Morgan fingerprint density at radius 1 is 1.08 bits per heavy atom. The summed E-state index contributed by atoms with van der Waals surface area (Å²) in [6, 6.07) is 12.7. The van der Waals surface area contributed by atoms with Crippen LogP contribution in [0, 0.1) is 0 Å². The van der Waals surface area contributed by atoms with Crippen LogP contribution in [0.5, 0.6) is 5.75 Å². The first-order valence-corrected chi connectivity index (χ1v) is 8.47. The summed E-state index contributed by atoms with van der Waals surface area (Å²) in [6.45, 7) is 0.314. The molecule has 7 heteroatoms. The number of nitrogens with zero attached hydrogens (tertiary/aromatic N) is 2. The maximum atomic E-state index is 13.1. The highest BCUT2D eigenvalue weighted by atomic mass is 35.5. The molecule has 0 unspecified atom stereocenters. The molecule has 0 aliphatic carbocycles. The highest BCUT2D eigenvalue weighted by Crippen LogP contribution is 2.38. The van der Waals surface area contributed by atoms with Crippen molar-refractivity contribution in [3.05, 3.63) is 70.4 Å². The molecule has 3 amide bonds. The van der Waals surface area contributed by atoms with Gasteiger partial charge < -0.3 is 15.3 Å². The lowest BCUT2D eigenvalue weighted by atomic mass is 9.95. The van der Waals surface area contributed by atoms with Crippen molar-refractivity contribution in [1.29, 1.82) is 0 Å². The zero-order valence-electron chi connectivity index (χ0n) is 13.9. The van der Waals surface area contributed by atoms with E-state index in [0.717, 1.165) is 11.3 Å². The molecule has 0 radical (unpaired) electrons. The second-order valence-corrected chi connectivity index (χ2v) is 6.70. The van der Waals surface area contributed by atoms with Gasteiger partial charge in [-0.15, -0.1) is 0 Å². The van der Waals surface area contributed by atoms with E-state index in [2.05, 4.69) is 5.32 Å². The predicted molar refractivity (Wildman–Crippen MR) is 98.0 cm³/mol. The number of nitrogens with one attached hydrogen (secondary N) is 1. The van der Waals surface area contributed by atoms with Crippen LogP contribution >= 0.6 is 11.6 Å². The van der Waals surface area contributed by atoms with Gasteiger partial charge in [-0.3, -0.25) is 9.69 Å². The largest absolute Gasteiger partial charge is 0.508 e. The fourth-order valence-corrected chi connectivity index (χ4v) is 3.44. The van der Waals surface area contributed by atoms with Crippen LogP contribution in [-0.4, -0.2) is 35.5 Å². The first kappa shape index (κ1) is 16.5. The van der Waals surface area contributed by atoms with Crippen LogP contribution in [0.15, 0.2) is 59.8 Å². The van der Waals surface area contributed by atoms with E-state index in [1.54, 1.807) is 48.3 Å². The average molecular weight is 370 g/mol. The van der Waals surface area contributed by atoms with Crippen LogP contribution < -0.4 is 10.2 Å². The standard InChI is InChI=1S/C19H16ClN3O3/c1-22-15-10-23(13-6-4-12(20)5-7-13)18(25)16(15)17(21-19(22)26)11-2-8-14(24)9-3-11/h2-9,17,24H,10H2,1H3,(H,21,26)/t17-/m0/s1. The van der Waals surface area contributed by atoms with Crippen molar-refractivity contribution in [1.82, 2.24) is 10.2 Å². The van der Waals surface area contributed by atoms with Gasteiger partial charge in [0.2, 0.25) is 0 Å². The number of amides is 3. The highest BCUT2D eigenvalue weighted by Gasteiger charge is 2.43. The lowest BCUT2D eigenvalue weighted by Crippen LogP contribution is -2.45. The molecule has 6 nitrogen and oxygen atoms in total. The Morgan fingerprint density at radius 3 is 2.38 bits per heavy atom. The molecule has 4 rings (SSSR count). The third-order valence-electron chi connectivity index (χ3n) is 4.73. The number of phenols is 1. The molecule has 2 aliphatic rings. The number of likely N-dealkylation sites (N-methyl/N-ethyl adjacent to an activating group) is 1. The van der Waals surface area contributed by atoms with Crippen molar-refractivity contribution in [2.75, 3.05) is 18.5 Å². The Morgan fingerprint density at radius 2 is 1.73 bits per heavy atom. The molecule has 1 atom stereocenters. The first-order chi connectivity index (χ1) is 12.5. The number of urea groups is 1. The first-order valence-electron chi connectivity index (χ1n) is 8.09. The van der Waals surface area contributed by atoms with E-state index < -0.39 is 6.04 Å². The third kappa shape index (κ3) is 2.59. The second kappa shape index (κ2) is 6.07. The number of anilines is 1. The van der Waals surface area contributed by atoms with Crippen molar-refractivity contribution in [2.24, 2.45) is 0 Å². The number of rotatable bonds is 2. The minimum atomic E-state index is -0.556. The number of carbonyl (C=O) groups excluding carboxylic acids is 2. The zero-order chi connectivity index (χ0) is 18.4. The fraction of sp³-hybridized carbons (Fsp3) is 0.158. The molecule has 0 aromatic heterocycles. The SMILES string of the molecule is CN1C(=O)N[C@@H](c2ccc(O)cc2)C2=C1CN(c1ccc(Cl)cc1)C2=O. The lowest BCUT2D eigenvalue weighted by molar-refractivity contribution is -0.114. The van der Waals surface area contributed by atoms with Crippen molar-refractivity contribution in [3.63, 3.8) is 0 Å². The van der Waals surface area contributed by atoms with Crippen LogP contribution in [0.3, 0.4) is 0 Å². The van der Waals surface area contributed by atoms with Gasteiger partial charge in [0.25, 0.3) is 5.91 Å². The summed E-state index contributed by atoms with van der Waals surface area (Å²) in [6.07, 6.45) is 0. The van der Waals surface area contributed by atoms with Gasteiger partial charge in [0.05, 0.1) is 23.9 Å². The minimum absolute atomic E-state index is 0.128.